The number of nitrogens with zero attached hydrogens (tertiary/aromatic N) is 4. The lowest BCUT2D eigenvalue weighted by atomic mass is 10.1. The minimum atomic E-state index is -1.08. The van der Waals surface area contributed by atoms with Gasteiger partial charge in [-0.2, -0.15) is 0 Å². The third-order valence-corrected chi connectivity index (χ3v) is 4.54. The largest absolute Gasteiger partial charge is 0.387 e. The number of hydrogen-bond acceptors (Lipinski definition) is 8. The standard InChI is InChI=1S/C14H17N5O3S/c1-2-3-4-23-5-8-10(20)11(21)14(22-8)19-7-18-9-12(15)16-6-17-13(9)19/h6-8,10-11,14,20-21H,4-5H2,1H3,(H2,15,16,17)/t8-,10-,11-,14-/m1/s1. The highest BCUT2D eigenvalue weighted by atomic mass is 32.2. The average molecular weight is 335 g/mol. The highest BCUT2D eigenvalue weighted by molar-refractivity contribution is 7.99. The molecular formula is C14H17N5O3S. The van der Waals surface area contributed by atoms with Gasteiger partial charge in [-0.1, -0.05) is 5.92 Å². The summed E-state index contributed by atoms with van der Waals surface area (Å²) in [5.74, 6) is 7.19. The number of nitrogens with two attached hydrogens (primary N) is 1. The summed E-state index contributed by atoms with van der Waals surface area (Å²) in [4.78, 5) is 12.2. The molecule has 0 aliphatic carbocycles. The van der Waals surface area contributed by atoms with Crippen molar-refractivity contribution in [2.24, 2.45) is 0 Å². The van der Waals surface area contributed by atoms with Crippen LogP contribution in [0, 0.1) is 11.8 Å². The van der Waals surface area contributed by atoms with Crippen molar-refractivity contribution in [2.75, 3.05) is 17.2 Å². The lowest BCUT2D eigenvalue weighted by Crippen LogP contribution is -2.32. The number of hydrogen-bond donors (Lipinski definition) is 3. The van der Waals surface area contributed by atoms with Crippen molar-refractivity contribution in [3.63, 3.8) is 0 Å². The number of ether oxygens (including phenoxy) is 1. The van der Waals surface area contributed by atoms with E-state index in [9.17, 15) is 10.2 Å². The van der Waals surface area contributed by atoms with Crippen LogP contribution in [0.3, 0.4) is 0 Å². The molecule has 2 aromatic rings. The van der Waals surface area contributed by atoms with E-state index in [2.05, 4.69) is 26.8 Å². The molecule has 3 heterocycles. The summed E-state index contributed by atoms with van der Waals surface area (Å²) in [6.45, 7) is 1.78. The number of aromatic nitrogens is 4. The van der Waals surface area contributed by atoms with Gasteiger partial charge in [0.05, 0.1) is 18.2 Å². The van der Waals surface area contributed by atoms with Crippen LogP contribution in [0.5, 0.6) is 0 Å². The van der Waals surface area contributed by atoms with Crippen molar-refractivity contribution in [3.05, 3.63) is 12.7 Å². The highest BCUT2D eigenvalue weighted by Crippen LogP contribution is 2.33. The Morgan fingerprint density at radius 2 is 2.17 bits per heavy atom. The van der Waals surface area contributed by atoms with E-state index in [4.69, 9.17) is 10.5 Å². The smallest absolute Gasteiger partial charge is 0.167 e. The molecule has 0 amide bonds. The Morgan fingerprint density at radius 3 is 2.96 bits per heavy atom. The van der Waals surface area contributed by atoms with Crippen LogP contribution in [0.1, 0.15) is 13.2 Å². The van der Waals surface area contributed by atoms with E-state index in [1.54, 1.807) is 23.3 Å². The monoisotopic (exact) mass is 335 g/mol. The van der Waals surface area contributed by atoms with Gasteiger partial charge in [0.15, 0.2) is 17.7 Å². The summed E-state index contributed by atoms with van der Waals surface area (Å²) < 4.78 is 7.38. The maximum absolute atomic E-state index is 10.3. The molecule has 0 aromatic carbocycles. The summed E-state index contributed by atoms with van der Waals surface area (Å²) in [6.07, 6.45) is -0.522. The fourth-order valence-corrected chi connectivity index (χ4v) is 3.32. The third-order valence-electron chi connectivity index (χ3n) is 3.63. The average Bonchev–Trinajstić information content (AvgIpc) is 3.09. The molecule has 8 nitrogen and oxygen atoms in total. The van der Waals surface area contributed by atoms with Crippen LogP contribution in [0.15, 0.2) is 12.7 Å². The van der Waals surface area contributed by atoms with Crippen LogP contribution in [0.2, 0.25) is 0 Å². The van der Waals surface area contributed by atoms with Gasteiger partial charge in [0.2, 0.25) is 0 Å². The van der Waals surface area contributed by atoms with Crippen LogP contribution in [-0.2, 0) is 4.74 Å². The molecule has 122 valence electrons. The minimum Gasteiger partial charge on any atom is -0.387 e. The number of thioether (sulfide) groups is 1. The van der Waals surface area contributed by atoms with Gasteiger partial charge in [-0.05, 0) is 6.92 Å². The highest BCUT2D eigenvalue weighted by Gasteiger charge is 2.44. The molecular weight excluding hydrogens is 318 g/mol. The molecule has 4 N–H and O–H groups in total. The number of rotatable bonds is 4. The second kappa shape index (κ2) is 6.72. The first-order chi connectivity index (χ1) is 11.1. The maximum Gasteiger partial charge on any atom is 0.167 e. The van der Waals surface area contributed by atoms with Crippen molar-refractivity contribution < 1.29 is 14.9 Å². The quantitative estimate of drug-likeness (QED) is 0.518. The van der Waals surface area contributed by atoms with E-state index in [0.29, 0.717) is 22.7 Å². The summed E-state index contributed by atoms with van der Waals surface area (Å²) in [5, 5.41) is 20.5. The van der Waals surface area contributed by atoms with E-state index in [-0.39, 0.29) is 5.82 Å². The Hall–Kier alpha value is -1.86. The van der Waals surface area contributed by atoms with Gasteiger partial charge >= 0.3 is 0 Å². The number of imidazole rings is 1. The number of aliphatic hydroxyl groups is 2. The Kier molecular flexibility index (Phi) is 4.68. The topological polar surface area (TPSA) is 119 Å². The molecule has 0 unspecified atom stereocenters. The van der Waals surface area contributed by atoms with Crippen molar-refractivity contribution in [2.45, 2.75) is 31.5 Å². The molecule has 3 rings (SSSR count). The molecule has 0 radical (unpaired) electrons. The summed E-state index contributed by atoms with van der Waals surface area (Å²) >= 11 is 1.55. The van der Waals surface area contributed by atoms with Gasteiger partial charge in [0.25, 0.3) is 0 Å². The van der Waals surface area contributed by atoms with Crippen LogP contribution in [-0.4, -0.2) is 59.5 Å². The first-order valence-corrected chi connectivity index (χ1v) is 8.21. The first-order valence-electron chi connectivity index (χ1n) is 7.05. The summed E-state index contributed by atoms with van der Waals surface area (Å²) in [5.41, 5.74) is 6.65. The summed E-state index contributed by atoms with van der Waals surface area (Å²) in [6, 6.07) is 0. The Labute approximate surface area is 137 Å². The Bertz CT molecular complexity index is 756. The summed E-state index contributed by atoms with van der Waals surface area (Å²) in [7, 11) is 0. The number of nitrogen functional groups attached to an aromatic ring is 1. The zero-order valence-corrected chi connectivity index (χ0v) is 13.3. The molecule has 2 aromatic heterocycles. The predicted molar refractivity (Wildman–Crippen MR) is 86.4 cm³/mol. The Morgan fingerprint density at radius 1 is 1.35 bits per heavy atom. The van der Waals surface area contributed by atoms with Gasteiger partial charge in [-0.25, -0.2) is 15.0 Å². The molecule has 1 aliphatic rings. The fourth-order valence-electron chi connectivity index (χ4n) is 2.45. The van der Waals surface area contributed by atoms with E-state index in [1.807, 2.05) is 0 Å². The van der Waals surface area contributed by atoms with Gasteiger partial charge < -0.3 is 20.7 Å². The van der Waals surface area contributed by atoms with E-state index >= 15 is 0 Å². The van der Waals surface area contributed by atoms with E-state index in [0.717, 1.165) is 0 Å². The molecule has 23 heavy (non-hydrogen) atoms. The molecule has 0 spiro atoms. The van der Waals surface area contributed by atoms with Gasteiger partial charge in [-0.3, -0.25) is 4.57 Å². The van der Waals surface area contributed by atoms with Crippen LogP contribution in [0.4, 0.5) is 5.82 Å². The normalized spacial score (nSPS) is 27.1. The Balaban J connectivity index is 1.79. The van der Waals surface area contributed by atoms with E-state index < -0.39 is 24.5 Å². The van der Waals surface area contributed by atoms with Crippen LogP contribution in [0.25, 0.3) is 11.2 Å². The molecule has 1 saturated heterocycles. The predicted octanol–water partition coefficient (Wildman–Crippen LogP) is -0.216. The van der Waals surface area contributed by atoms with Crippen molar-refractivity contribution in [3.8, 4) is 11.8 Å². The lowest BCUT2D eigenvalue weighted by Gasteiger charge is -2.16. The molecule has 1 aliphatic heterocycles. The number of fused-ring (bicyclic) bond motifs is 1. The van der Waals surface area contributed by atoms with Gasteiger partial charge in [-0.15, -0.1) is 17.7 Å². The van der Waals surface area contributed by atoms with Crippen molar-refractivity contribution in [1.29, 1.82) is 0 Å². The van der Waals surface area contributed by atoms with Crippen molar-refractivity contribution >= 4 is 28.7 Å². The van der Waals surface area contributed by atoms with Crippen LogP contribution >= 0.6 is 11.8 Å². The molecule has 0 bridgehead atoms. The van der Waals surface area contributed by atoms with Crippen LogP contribution < -0.4 is 5.73 Å². The zero-order valence-electron chi connectivity index (χ0n) is 12.5. The zero-order chi connectivity index (χ0) is 16.4. The molecule has 0 saturated carbocycles. The third kappa shape index (κ3) is 2.98. The minimum absolute atomic E-state index is 0.257. The number of anilines is 1. The lowest BCUT2D eigenvalue weighted by molar-refractivity contribution is -0.0288. The maximum atomic E-state index is 10.3. The van der Waals surface area contributed by atoms with Gasteiger partial charge in [0, 0.05) is 5.75 Å². The second-order valence-corrected chi connectivity index (χ2v) is 6.10. The first kappa shape index (κ1) is 16.0. The number of aliphatic hydroxyl groups excluding tert-OH is 2. The molecule has 9 heteroatoms. The van der Waals surface area contributed by atoms with E-state index in [1.165, 1.54) is 12.7 Å². The second-order valence-electron chi connectivity index (χ2n) is 5.07. The van der Waals surface area contributed by atoms with Crippen molar-refractivity contribution in [1.82, 2.24) is 19.5 Å². The SMILES string of the molecule is CC#CCSC[C@H]1O[C@@H](n2cnc3c(N)ncnc32)[C@H](O)[C@@H]1O. The molecule has 4 atom stereocenters. The fraction of sp³-hybridized carbons (Fsp3) is 0.500. The molecule has 1 fully saturated rings. The van der Waals surface area contributed by atoms with Gasteiger partial charge in [0.1, 0.15) is 24.1 Å².